The Morgan fingerprint density at radius 3 is 2.68 bits per heavy atom. The SMILES string of the molecule is CC(C)(C)Cn1nnc2c(Br)c(Nc3ccccn3)ccc21. The zero-order valence-corrected chi connectivity index (χ0v) is 14.4. The zero-order chi connectivity index (χ0) is 15.7. The van der Waals surface area contributed by atoms with Crippen LogP contribution in [0.15, 0.2) is 41.0 Å². The Morgan fingerprint density at radius 1 is 1.18 bits per heavy atom. The first-order chi connectivity index (χ1) is 10.4. The maximum atomic E-state index is 4.31. The minimum Gasteiger partial charge on any atom is -0.339 e. The second-order valence-corrected chi connectivity index (χ2v) is 7.24. The maximum Gasteiger partial charge on any atom is 0.130 e. The third-order valence-corrected chi connectivity index (χ3v) is 3.98. The molecule has 2 aromatic heterocycles. The normalized spacial score (nSPS) is 11.8. The summed E-state index contributed by atoms with van der Waals surface area (Å²) in [6.07, 6.45) is 1.76. The second kappa shape index (κ2) is 5.68. The van der Waals surface area contributed by atoms with E-state index in [0.29, 0.717) is 0 Å². The van der Waals surface area contributed by atoms with E-state index in [1.165, 1.54) is 0 Å². The molecule has 0 aliphatic heterocycles. The van der Waals surface area contributed by atoms with Crippen molar-refractivity contribution in [2.45, 2.75) is 27.3 Å². The van der Waals surface area contributed by atoms with Gasteiger partial charge in [0.25, 0.3) is 0 Å². The van der Waals surface area contributed by atoms with Gasteiger partial charge in [-0.15, -0.1) is 5.10 Å². The van der Waals surface area contributed by atoms with Gasteiger partial charge in [0.05, 0.1) is 15.7 Å². The zero-order valence-electron chi connectivity index (χ0n) is 12.8. The summed E-state index contributed by atoms with van der Waals surface area (Å²) in [5.74, 6) is 0.796. The van der Waals surface area contributed by atoms with Crippen LogP contribution in [-0.2, 0) is 6.54 Å². The Bertz CT molecular complexity index is 789. The molecule has 0 saturated carbocycles. The van der Waals surface area contributed by atoms with Gasteiger partial charge in [0, 0.05) is 12.7 Å². The molecule has 3 aromatic rings. The molecule has 0 fully saturated rings. The summed E-state index contributed by atoms with van der Waals surface area (Å²) in [6, 6.07) is 9.82. The van der Waals surface area contributed by atoms with Crippen LogP contribution in [0.3, 0.4) is 0 Å². The minimum absolute atomic E-state index is 0.151. The van der Waals surface area contributed by atoms with Crippen LogP contribution in [0.4, 0.5) is 11.5 Å². The van der Waals surface area contributed by atoms with Crippen molar-refractivity contribution in [2.75, 3.05) is 5.32 Å². The fourth-order valence-electron chi connectivity index (χ4n) is 2.24. The molecule has 5 nitrogen and oxygen atoms in total. The molecule has 0 aliphatic rings. The van der Waals surface area contributed by atoms with E-state index < -0.39 is 0 Å². The van der Waals surface area contributed by atoms with Crippen molar-refractivity contribution >= 4 is 38.5 Å². The number of anilines is 2. The predicted octanol–water partition coefficient (Wildman–Crippen LogP) is 4.38. The van der Waals surface area contributed by atoms with E-state index in [0.717, 1.165) is 33.6 Å². The highest BCUT2D eigenvalue weighted by Crippen LogP contribution is 2.32. The molecule has 0 radical (unpaired) electrons. The third kappa shape index (κ3) is 3.11. The molecular formula is C16H18BrN5. The lowest BCUT2D eigenvalue weighted by Gasteiger charge is -2.18. The molecule has 0 atom stereocenters. The van der Waals surface area contributed by atoms with Crippen molar-refractivity contribution in [1.82, 2.24) is 20.0 Å². The van der Waals surface area contributed by atoms with E-state index in [9.17, 15) is 0 Å². The van der Waals surface area contributed by atoms with Crippen molar-refractivity contribution in [3.8, 4) is 0 Å². The summed E-state index contributed by atoms with van der Waals surface area (Å²) in [4.78, 5) is 4.28. The van der Waals surface area contributed by atoms with Gasteiger partial charge in [-0.2, -0.15) is 0 Å². The van der Waals surface area contributed by atoms with Crippen molar-refractivity contribution in [3.63, 3.8) is 0 Å². The van der Waals surface area contributed by atoms with Crippen LogP contribution in [0.2, 0.25) is 0 Å². The molecule has 2 heterocycles. The molecule has 0 aliphatic carbocycles. The molecule has 0 amide bonds. The summed E-state index contributed by atoms with van der Waals surface area (Å²) >= 11 is 3.63. The van der Waals surface area contributed by atoms with Gasteiger partial charge in [-0.3, -0.25) is 0 Å². The van der Waals surface area contributed by atoms with Gasteiger partial charge in [0.15, 0.2) is 0 Å². The molecule has 0 spiro atoms. The van der Waals surface area contributed by atoms with Crippen LogP contribution in [-0.4, -0.2) is 20.0 Å². The Hall–Kier alpha value is -1.95. The predicted molar refractivity (Wildman–Crippen MR) is 92.2 cm³/mol. The molecule has 1 N–H and O–H groups in total. The molecule has 6 heteroatoms. The van der Waals surface area contributed by atoms with E-state index in [1.54, 1.807) is 6.20 Å². The van der Waals surface area contributed by atoms with Gasteiger partial charge in [-0.25, -0.2) is 9.67 Å². The van der Waals surface area contributed by atoms with Crippen LogP contribution >= 0.6 is 15.9 Å². The summed E-state index contributed by atoms with van der Waals surface area (Å²) in [5.41, 5.74) is 2.95. The quantitative estimate of drug-likeness (QED) is 0.753. The number of halogens is 1. The van der Waals surface area contributed by atoms with E-state index in [2.05, 4.69) is 57.3 Å². The van der Waals surface area contributed by atoms with Crippen molar-refractivity contribution in [2.24, 2.45) is 5.41 Å². The number of nitrogens with zero attached hydrogens (tertiary/aromatic N) is 4. The van der Waals surface area contributed by atoms with Crippen molar-refractivity contribution in [3.05, 3.63) is 41.0 Å². The summed E-state index contributed by atoms with van der Waals surface area (Å²) in [6.45, 7) is 7.38. The standard InChI is InChI=1S/C16H18BrN5/c1-16(2,3)10-22-12-8-7-11(14(17)15(12)20-21-22)19-13-6-4-5-9-18-13/h4-9H,10H2,1-3H3,(H,18,19). The first kappa shape index (κ1) is 15.0. The number of aromatic nitrogens is 4. The lowest BCUT2D eigenvalue weighted by Crippen LogP contribution is -2.16. The second-order valence-electron chi connectivity index (χ2n) is 6.44. The largest absolute Gasteiger partial charge is 0.339 e. The molecule has 0 saturated heterocycles. The van der Waals surface area contributed by atoms with Crippen LogP contribution in [0.1, 0.15) is 20.8 Å². The monoisotopic (exact) mass is 359 g/mol. The third-order valence-electron chi connectivity index (χ3n) is 3.18. The molecule has 0 bridgehead atoms. The van der Waals surface area contributed by atoms with Gasteiger partial charge in [-0.1, -0.05) is 32.1 Å². The maximum absolute atomic E-state index is 4.31. The Kier molecular flexibility index (Phi) is 3.87. The topological polar surface area (TPSA) is 55.6 Å². The minimum atomic E-state index is 0.151. The van der Waals surface area contributed by atoms with Gasteiger partial charge in [-0.05, 0) is 45.6 Å². The first-order valence-corrected chi connectivity index (χ1v) is 7.93. The number of nitrogens with one attached hydrogen (secondary N) is 1. The number of benzene rings is 1. The smallest absolute Gasteiger partial charge is 0.130 e. The van der Waals surface area contributed by atoms with Crippen LogP contribution < -0.4 is 5.32 Å². The number of rotatable bonds is 3. The molecule has 3 rings (SSSR count). The fraction of sp³-hybridized carbons (Fsp3) is 0.312. The fourth-order valence-corrected chi connectivity index (χ4v) is 2.76. The highest BCUT2D eigenvalue weighted by molar-refractivity contribution is 9.10. The summed E-state index contributed by atoms with van der Waals surface area (Å²) < 4.78 is 2.85. The van der Waals surface area contributed by atoms with Gasteiger partial charge in [0.2, 0.25) is 0 Å². The average molecular weight is 360 g/mol. The Balaban J connectivity index is 1.97. The van der Waals surface area contributed by atoms with Crippen LogP contribution in [0.5, 0.6) is 0 Å². The summed E-state index contributed by atoms with van der Waals surface area (Å²) in [7, 11) is 0. The molecule has 22 heavy (non-hydrogen) atoms. The van der Waals surface area contributed by atoms with Crippen molar-refractivity contribution in [1.29, 1.82) is 0 Å². The molecule has 1 aromatic carbocycles. The Labute approximate surface area is 137 Å². The van der Waals surface area contributed by atoms with Crippen LogP contribution in [0, 0.1) is 5.41 Å². The van der Waals surface area contributed by atoms with E-state index in [1.807, 2.05) is 35.0 Å². The average Bonchev–Trinajstić information content (AvgIpc) is 2.85. The molecule has 114 valence electrons. The lowest BCUT2D eigenvalue weighted by atomic mass is 9.97. The molecular weight excluding hydrogens is 342 g/mol. The van der Waals surface area contributed by atoms with E-state index in [-0.39, 0.29) is 5.41 Å². The lowest BCUT2D eigenvalue weighted by molar-refractivity contribution is 0.327. The van der Waals surface area contributed by atoms with E-state index in [4.69, 9.17) is 0 Å². The summed E-state index contributed by atoms with van der Waals surface area (Å²) in [5, 5.41) is 11.9. The number of hydrogen-bond donors (Lipinski definition) is 1. The number of pyridine rings is 1. The van der Waals surface area contributed by atoms with Crippen molar-refractivity contribution < 1.29 is 0 Å². The van der Waals surface area contributed by atoms with Gasteiger partial charge < -0.3 is 5.32 Å². The number of hydrogen-bond acceptors (Lipinski definition) is 4. The number of fused-ring (bicyclic) bond motifs is 1. The highest BCUT2D eigenvalue weighted by Gasteiger charge is 2.17. The first-order valence-electron chi connectivity index (χ1n) is 7.14. The Morgan fingerprint density at radius 2 is 2.00 bits per heavy atom. The van der Waals surface area contributed by atoms with Crippen LogP contribution in [0.25, 0.3) is 11.0 Å². The molecule has 0 unspecified atom stereocenters. The van der Waals surface area contributed by atoms with Gasteiger partial charge in [0.1, 0.15) is 11.3 Å². The highest BCUT2D eigenvalue weighted by atomic mass is 79.9. The van der Waals surface area contributed by atoms with E-state index >= 15 is 0 Å². The van der Waals surface area contributed by atoms with Gasteiger partial charge >= 0.3 is 0 Å².